The summed E-state index contributed by atoms with van der Waals surface area (Å²) < 4.78 is 32.1. The molecule has 0 bridgehead atoms. The molecule has 20 heavy (non-hydrogen) atoms. The van der Waals surface area contributed by atoms with Gasteiger partial charge in [-0.3, -0.25) is 4.98 Å². The Morgan fingerprint density at radius 1 is 1.20 bits per heavy atom. The maximum atomic E-state index is 13.6. The highest BCUT2D eigenvalue weighted by atomic mass is 19.1. The predicted molar refractivity (Wildman–Crippen MR) is 72.6 cm³/mol. The van der Waals surface area contributed by atoms with Crippen molar-refractivity contribution in [1.82, 2.24) is 10.3 Å². The molecule has 0 spiro atoms. The zero-order chi connectivity index (χ0) is 14.5. The molecule has 106 valence electrons. The Morgan fingerprint density at radius 2 is 2.00 bits per heavy atom. The lowest BCUT2D eigenvalue weighted by atomic mass is 10.2. The fourth-order valence-corrected chi connectivity index (χ4v) is 1.63. The van der Waals surface area contributed by atoms with Crippen molar-refractivity contribution in [3.63, 3.8) is 0 Å². The van der Waals surface area contributed by atoms with Gasteiger partial charge in [-0.15, -0.1) is 0 Å². The van der Waals surface area contributed by atoms with Crippen molar-refractivity contribution in [3.05, 3.63) is 53.9 Å². The summed E-state index contributed by atoms with van der Waals surface area (Å²) in [7, 11) is 0. The summed E-state index contributed by atoms with van der Waals surface area (Å²) in [4.78, 5) is 3.95. The van der Waals surface area contributed by atoms with Gasteiger partial charge in [0.2, 0.25) is 0 Å². The van der Waals surface area contributed by atoms with Crippen LogP contribution in [0.3, 0.4) is 0 Å². The Hall–Kier alpha value is -2.01. The number of halogens is 2. The summed E-state index contributed by atoms with van der Waals surface area (Å²) in [5.41, 5.74) is 0.831. The topological polar surface area (TPSA) is 34.2 Å². The number of aromatic nitrogens is 1. The zero-order valence-electron chi connectivity index (χ0n) is 11.4. The monoisotopic (exact) mass is 278 g/mol. The number of pyridine rings is 1. The molecule has 0 saturated carbocycles. The van der Waals surface area contributed by atoms with Crippen LogP contribution in [0.4, 0.5) is 8.78 Å². The molecular formula is C15H16F2N2O. The quantitative estimate of drug-likeness (QED) is 0.906. The first-order valence-corrected chi connectivity index (χ1v) is 6.35. The second-order valence-corrected chi connectivity index (χ2v) is 4.70. The average Bonchev–Trinajstić information content (AvgIpc) is 2.42. The van der Waals surface area contributed by atoms with Gasteiger partial charge in [0.15, 0.2) is 11.6 Å². The standard InChI is InChI=1S/C15H16F2N2O/c1-10(2)19-8-11-5-6-18-9-15(11)20-14-7-12(16)3-4-13(14)17/h3-7,9-10,19H,8H2,1-2H3. The molecule has 2 rings (SSSR count). The van der Waals surface area contributed by atoms with Gasteiger partial charge in [-0.2, -0.15) is 0 Å². The minimum Gasteiger partial charge on any atom is -0.452 e. The summed E-state index contributed by atoms with van der Waals surface area (Å²) in [6.45, 7) is 4.61. The van der Waals surface area contributed by atoms with Gasteiger partial charge in [-0.05, 0) is 18.2 Å². The minimum absolute atomic E-state index is 0.149. The van der Waals surface area contributed by atoms with Gasteiger partial charge < -0.3 is 10.1 Å². The summed E-state index contributed by atoms with van der Waals surface area (Å²) in [5.74, 6) is -0.904. The second kappa shape index (κ2) is 6.43. The van der Waals surface area contributed by atoms with E-state index < -0.39 is 11.6 Å². The fraction of sp³-hybridized carbons (Fsp3) is 0.267. The third kappa shape index (κ3) is 3.74. The summed E-state index contributed by atoms with van der Waals surface area (Å²) in [6, 6.07) is 5.19. The van der Waals surface area contributed by atoms with E-state index in [4.69, 9.17) is 4.74 Å². The number of nitrogens with zero attached hydrogens (tertiary/aromatic N) is 1. The Kier molecular flexibility index (Phi) is 4.63. The maximum Gasteiger partial charge on any atom is 0.166 e. The zero-order valence-corrected chi connectivity index (χ0v) is 11.4. The first-order chi connectivity index (χ1) is 9.56. The van der Waals surface area contributed by atoms with Crippen LogP contribution >= 0.6 is 0 Å². The molecule has 0 radical (unpaired) electrons. The Morgan fingerprint density at radius 3 is 2.75 bits per heavy atom. The van der Waals surface area contributed by atoms with E-state index >= 15 is 0 Å². The lowest BCUT2D eigenvalue weighted by molar-refractivity contribution is 0.427. The highest BCUT2D eigenvalue weighted by molar-refractivity contribution is 5.36. The van der Waals surface area contributed by atoms with Crippen molar-refractivity contribution in [2.75, 3.05) is 0 Å². The number of nitrogens with one attached hydrogen (secondary N) is 1. The second-order valence-electron chi connectivity index (χ2n) is 4.70. The van der Waals surface area contributed by atoms with Crippen LogP contribution in [0, 0.1) is 11.6 Å². The smallest absolute Gasteiger partial charge is 0.166 e. The molecular weight excluding hydrogens is 262 g/mol. The van der Waals surface area contributed by atoms with Crippen LogP contribution in [0.2, 0.25) is 0 Å². The largest absolute Gasteiger partial charge is 0.452 e. The number of benzene rings is 1. The number of hydrogen-bond acceptors (Lipinski definition) is 3. The molecule has 0 aliphatic carbocycles. The van der Waals surface area contributed by atoms with Gasteiger partial charge in [0.05, 0.1) is 6.20 Å². The van der Waals surface area contributed by atoms with E-state index in [1.807, 2.05) is 13.8 Å². The van der Waals surface area contributed by atoms with Crippen molar-refractivity contribution in [3.8, 4) is 11.5 Å². The van der Waals surface area contributed by atoms with Crippen molar-refractivity contribution < 1.29 is 13.5 Å². The van der Waals surface area contributed by atoms with E-state index in [1.165, 1.54) is 6.20 Å². The van der Waals surface area contributed by atoms with E-state index in [-0.39, 0.29) is 5.75 Å². The molecule has 2 aromatic rings. The normalized spacial score (nSPS) is 10.8. The van der Waals surface area contributed by atoms with Gasteiger partial charge >= 0.3 is 0 Å². The van der Waals surface area contributed by atoms with Crippen molar-refractivity contribution in [2.24, 2.45) is 0 Å². The van der Waals surface area contributed by atoms with Crippen LogP contribution in [0.25, 0.3) is 0 Å². The molecule has 1 heterocycles. The third-order valence-corrected chi connectivity index (χ3v) is 2.68. The van der Waals surface area contributed by atoms with Crippen LogP contribution in [-0.2, 0) is 6.54 Å². The molecule has 0 amide bonds. The highest BCUT2D eigenvalue weighted by Crippen LogP contribution is 2.27. The lowest BCUT2D eigenvalue weighted by Crippen LogP contribution is -2.22. The van der Waals surface area contributed by atoms with Crippen LogP contribution in [0.5, 0.6) is 11.5 Å². The summed E-state index contributed by atoms with van der Waals surface area (Å²) in [5, 5.41) is 3.24. The molecule has 3 nitrogen and oxygen atoms in total. The molecule has 1 aromatic carbocycles. The van der Waals surface area contributed by atoms with E-state index in [2.05, 4.69) is 10.3 Å². The van der Waals surface area contributed by atoms with Gasteiger partial charge in [0.25, 0.3) is 0 Å². The van der Waals surface area contributed by atoms with Gasteiger partial charge in [-0.1, -0.05) is 13.8 Å². The molecule has 0 saturated heterocycles. The van der Waals surface area contributed by atoms with E-state index in [0.29, 0.717) is 18.3 Å². The van der Waals surface area contributed by atoms with Crippen LogP contribution < -0.4 is 10.1 Å². The van der Waals surface area contributed by atoms with Crippen molar-refractivity contribution in [2.45, 2.75) is 26.4 Å². The third-order valence-electron chi connectivity index (χ3n) is 2.68. The van der Waals surface area contributed by atoms with E-state index in [1.54, 1.807) is 12.3 Å². The van der Waals surface area contributed by atoms with Crippen LogP contribution in [0.1, 0.15) is 19.4 Å². The first kappa shape index (κ1) is 14.4. The fourth-order valence-electron chi connectivity index (χ4n) is 1.63. The Balaban J connectivity index is 2.22. The first-order valence-electron chi connectivity index (χ1n) is 6.35. The SMILES string of the molecule is CC(C)NCc1ccncc1Oc1cc(F)ccc1F. The molecule has 0 unspecified atom stereocenters. The number of hydrogen-bond donors (Lipinski definition) is 1. The van der Waals surface area contributed by atoms with E-state index in [9.17, 15) is 8.78 Å². The molecule has 0 fully saturated rings. The molecule has 0 aliphatic rings. The predicted octanol–water partition coefficient (Wildman–Crippen LogP) is 3.65. The van der Waals surface area contributed by atoms with E-state index in [0.717, 1.165) is 23.8 Å². The maximum absolute atomic E-state index is 13.6. The number of rotatable bonds is 5. The molecule has 0 atom stereocenters. The van der Waals surface area contributed by atoms with Crippen LogP contribution in [-0.4, -0.2) is 11.0 Å². The van der Waals surface area contributed by atoms with Crippen molar-refractivity contribution >= 4 is 0 Å². The van der Waals surface area contributed by atoms with Crippen molar-refractivity contribution in [1.29, 1.82) is 0 Å². The Labute approximate surface area is 116 Å². The van der Waals surface area contributed by atoms with Gasteiger partial charge in [0, 0.05) is 30.4 Å². The minimum atomic E-state index is -0.613. The van der Waals surface area contributed by atoms with Gasteiger partial charge in [0.1, 0.15) is 11.6 Å². The molecule has 5 heteroatoms. The number of ether oxygens (including phenoxy) is 1. The summed E-state index contributed by atoms with van der Waals surface area (Å²) in [6.07, 6.45) is 3.12. The molecule has 0 aliphatic heterocycles. The molecule has 1 aromatic heterocycles. The summed E-state index contributed by atoms with van der Waals surface area (Å²) >= 11 is 0. The average molecular weight is 278 g/mol. The highest BCUT2D eigenvalue weighted by Gasteiger charge is 2.10. The van der Waals surface area contributed by atoms with Gasteiger partial charge in [-0.25, -0.2) is 8.78 Å². The van der Waals surface area contributed by atoms with Crippen LogP contribution in [0.15, 0.2) is 36.7 Å². The molecule has 1 N–H and O–H groups in total. The Bertz CT molecular complexity index is 588. The lowest BCUT2D eigenvalue weighted by Gasteiger charge is -2.13.